The second kappa shape index (κ2) is 7.61. The fraction of sp³-hybridized carbons (Fsp3) is 0.409. The molecule has 3 aromatic rings. The Morgan fingerprint density at radius 2 is 1.85 bits per heavy atom. The second-order valence-corrected chi connectivity index (χ2v) is 7.51. The van der Waals surface area contributed by atoms with Crippen LogP contribution in [0.5, 0.6) is 5.75 Å². The molecular weight excluding hydrogens is 336 g/mol. The van der Waals surface area contributed by atoms with Crippen LogP contribution >= 0.6 is 0 Å². The summed E-state index contributed by atoms with van der Waals surface area (Å²) in [6.45, 7) is 8.18. The number of benzene rings is 1. The normalized spacial score (nSPS) is 16.1. The summed E-state index contributed by atoms with van der Waals surface area (Å²) in [6.07, 6.45) is 4.51. The molecule has 0 atom stereocenters. The molecule has 0 amide bonds. The number of piperidine rings is 1. The van der Waals surface area contributed by atoms with Gasteiger partial charge in [0.25, 0.3) is 0 Å². The number of likely N-dealkylation sites (tertiary alicyclic amines) is 1. The number of aromatic nitrogens is 2. The van der Waals surface area contributed by atoms with E-state index in [0.29, 0.717) is 6.61 Å². The van der Waals surface area contributed by atoms with Gasteiger partial charge < -0.3 is 14.9 Å². The predicted molar refractivity (Wildman–Crippen MR) is 110 cm³/mol. The van der Waals surface area contributed by atoms with Gasteiger partial charge >= 0.3 is 0 Å². The predicted octanol–water partition coefficient (Wildman–Crippen LogP) is 4.21. The summed E-state index contributed by atoms with van der Waals surface area (Å²) in [6, 6.07) is 12.1. The number of rotatable bonds is 5. The highest BCUT2D eigenvalue weighted by atomic mass is 16.5. The summed E-state index contributed by atoms with van der Waals surface area (Å²) >= 11 is 0. The van der Waals surface area contributed by atoms with Gasteiger partial charge in [0.2, 0.25) is 0 Å². The van der Waals surface area contributed by atoms with E-state index in [-0.39, 0.29) is 0 Å². The largest absolute Gasteiger partial charge is 0.494 e. The van der Waals surface area contributed by atoms with Gasteiger partial charge in [-0.25, -0.2) is 4.98 Å². The lowest BCUT2D eigenvalue weighted by atomic mass is 9.99. The molecular formula is C22H28N4O. The molecule has 0 saturated carbocycles. The van der Waals surface area contributed by atoms with Crippen molar-refractivity contribution in [1.82, 2.24) is 14.3 Å². The zero-order valence-electron chi connectivity index (χ0n) is 16.2. The van der Waals surface area contributed by atoms with Crippen LogP contribution in [0.2, 0.25) is 0 Å². The quantitative estimate of drug-likeness (QED) is 0.737. The van der Waals surface area contributed by atoms with Crippen molar-refractivity contribution in [2.45, 2.75) is 33.2 Å². The first kappa shape index (κ1) is 17.9. The van der Waals surface area contributed by atoms with E-state index >= 15 is 0 Å². The highest BCUT2D eigenvalue weighted by Gasteiger charge is 2.21. The number of nitrogens with two attached hydrogens (primary N) is 1. The van der Waals surface area contributed by atoms with Gasteiger partial charge in [0, 0.05) is 24.0 Å². The summed E-state index contributed by atoms with van der Waals surface area (Å²) in [5, 5.41) is 0. The molecule has 2 N–H and O–H groups in total. The van der Waals surface area contributed by atoms with E-state index in [1.54, 1.807) is 0 Å². The molecule has 0 bridgehead atoms. The highest BCUT2D eigenvalue weighted by Crippen LogP contribution is 2.29. The van der Waals surface area contributed by atoms with Crippen molar-refractivity contribution in [3.8, 4) is 17.0 Å². The van der Waals surface area contributed by atoms with Gasteiger partial charge in [-0.05, 0) is 75.2 Å². The number of anilines is 1. The average molecular weight is 364 g/mol. The minimum Gasteiger partial charge on any atom is -0.494 e. The third-order valence-electron chi connectivity index (χ3n) is 5.43. The van der Waals surface area contributed by atoms with Crippen LogP contribution < -0.4 is 10.5 Å². The molecule has 142 valence electrons. The SMILES string of the molecule is CCOc1ccc(-c2nc3ccc(N)cn3c2CN2CCC(C)CC2)cc1. The molecule has 1 fully saturated rings. The van der Waals surface area contributed by atoms with Crippen molar-refractivity contribution in [3.05, 3.63) is 48.3 Å². The number of nitrogens with zero attached hydrogens (tertiary/aromatic N) is 3. The van der Waals surface area contributed by atoms with Crippen LogP contribution in [-0.2, 0) is 6.54 Å². The Hall–Kier alpha value is -2.53. The lowest BCUT2D eigenvalue weighted by molar-refractivity contribution is 0.183. The molecule has 1 aliphatic rings. The van der Waals surface area contributed by atoms with Crippen molar-refractivity contribution >= 4 is 11.3 Å². The molecule has 4 rings (SSSR count). The number of hydrogen-bond donors (Lipinski definition) is 1. The zero-order chi connectivity index (χ0) is 18.8. The van der Waals surface area contributed by atoms with E-state index in [0.717, 1.165) is 53.9 Å². The van der Waals surface area contributed by atoms with Gasteiger partial charge in [0.1, 0.15) is 11.4 Å². The van der Waals surface area contributed by atoms with Gasteiger partial charge in [0.05, 0.1) is 18.0 Å². The number of nitrogen functional groups attached to an aromatic ring is 1. The summed E-state index contributed by atoms with van der Waals surface area (Å²) in [7, 11) is 0. The summed E-state index contributed by atoms with van der Waals surface area (Å²) < 4.78 is 7.73. The Morgan fingerprint density at radius 3 is 2.56 bits per heavy atom. The molecule has 0 aliphatic carbocycles. The van der Waals surface area contributed by atoms with E-state index in [1.165, 1.54) is 18.5 Å². The maximum absolute atomic E-state index is 6.07. The first-order valence-electron chi connectivity index (χ1n) is 9.86. The Kier molecular flexibility index (Phi) is 5.03. The Balaban J connectivity index is 1.72. The number of pyridine rings is 1. The van der Waals surface area contributed by atoms with Crippen LogP contribution in [0.15, 0.2) is 42.6 Å². The van der Waals surface area contributed by atoms with E-state index in [2.05, 4.69) is 28.4 Å². The van der Waals surface area contributed by atoms with Gasteiger partial charge in [-0.3, -0.25) is 4.90 Å². The maximum Gasteiger partial charge on any atom is 0.137 e. The Bertz CT molecular complexity index is 908. The molecule has 0 unspecified atom stereocenters. The lowest BCUT2D eigenvalue weighted by Gasteiger charge is -2.30. The van der Waals surface area contributed by atoms with Crippen molar-refractivity contribution in [2.24, 2.45) is 5.92 Å². The Labute approximate surface area is 160 Å². The second-order valence-electron chi connectivity index (χ2n) is 7.51. The maximum atomic E-state index is 6.07. The molecule has 0 radical (unpaired) electrons. The average Bonchev–Trinajstić information content (AvgIpc) is 3.02. The van der Waals surface area contributed by atoms with Crippen molar-refractivity contribution in [3.63, 3.8) is 0 Å². The van der Waals surface area contributed by atoms with Crippen LogP contribution in [0, 0.1) is 5.92 Å². The van der Waals surface area contributed by atoms with Crippen molar-refractivity contribution < 1.29 is 4.74 Å². The Morgan fingerprint density at radius 1 is 1.11 bits per heavy atom. The summed E-state index contributed by atoms with van der Waals surface area (Å²) in [5.41, 5.74) is 11.1. The third kappa shape index (κ3) is 3.78. The standard InChI is InChI=1S/C22H28N4O/c1-3-27-19-7-4-17(5-8-19)22-20(15-25-12-10-16(2)11-13-25)26-14-18(23)6-9-21(26)24-22/h4-9,14,16H,3,10-13,15,23H2,1-2H3. The minimum absolute atomic E-state index is 0.672. The molecule has 5 nitrogen and oxygen atoms in total. The monoisotopic (exact) mass is 364 g/mol. The summed E-state index contributed by atoms with van der Waals surface area (Å²) in [4.78, 5) is 7.45. The van der Waals surface area contributed by atoms with E-state index < -0.39 is 0 Å². The highest BCUT2D eigenvalue weighted by molar-refractivity contribution is 5.68. The number of fused-ring (bicyclic) bond motifs is 1. The van der Waals surface area contributed by atoms with Crippen LogP contribution in [0.1, 0.15) is 32.4 Å². The molecule has 1 aromatic carbocycles. The van der Waals surface area contributed by atoms with Crippen LogP contribution in [0.4, 0.5) is 5.69 Å². The smallest absolute Gasteiger partial charge is 0.137 e. The minimum atomic E-state index is 0.672. The fourth-order valence-corrected chi connectivity index (χ4v) is 3.80. The van der Waals surface area contributed by atoms with E-state index in [1.807, 2.05) is 37.4 Å². The topological polar surface area (TPSA) is 55.8 Å². The molecule has 1 saturated heterocycles. The number of imidazole rings is 1. The zero-order valence-corrected chi connectivity index (χ0v) is 16.2. The molecule has 1 aliphatic heterocycles. The van der Waals surface area contributed by atoms with Crippen LogP contribution in [-0.4, -0.2) is 34.0 Å². The van der Waals surface area contributed by atoms with Crippen LogP contribution in [0.3, 0.4) is 0 Å². The molecule has 3 heterocycles. The van der Waals surface area contributed by atoms with Crippen LogP contribution in [0.25, 0.3) is 16.9 Å². The fourth-order valence-electron chi connectivity index (χ4n) is 3.80. The van der Waals surface area contributed by atoms with Gasteiger partial charge in [-0.15, -0.1) is 0 Å². The number of hydrogen-bond acceptors (Lipinski definition) is 4. The van der Waals surface area contributed by atoms with Gasteiger partial charge in [-0.1, -0.05) is 6.92 Å². The van der Waals surface area contributed by atoms with Crippen molar-refractivity contribution in [1.29, 1.82) is 0 Å². The third-order valence-corrected chi connectivity index (χ3v) is 5.43. The first-order chi connectivity index (χ1) is 13.1. The first-order valence-corrected chi connectivity index (χ1v) is 9.86. The van der Waals surface area contributed by atoms with E-state index in [4.69, 9.17) is 15.5 Å². The molecule has 2 aromatic heterocycles. The van der Waals surface area contributed by atoms with Gasteiger partial charge in [-0.2, -0.15) is 0 Å². The lowest BCUT2D eigenvalue weighted by Crippen LogP contribution is -2.32. The molecule has 0 spiro atoms. The molecule has 27 heavy (non-hydrogen) atoms. The van der Waals surface area contributed by atoms with Gasteiger partial charge in [0.15, 0.2) is 0 Å². The number of ether oxygens (including phenoxy) is 1. The molecule has 5 heteroatoms. The summed E-state index contributed by atoms with van der Waals surface area (Å²) in [5.74, 6) is 1.71. The van der Waals surface area contributed by atoms with Crippen molar-refractivity contribution in [2.75, 3.05) is 25.4 Å². The van der Waals surface area contributed by atoms with E-state index in [9.17, 15) is 0 Å².